The molecule has 0 saturated heterocycles. The highest BCUT2D eigenvalue weighted by Gasteiger charge is 2.51. The quantitative estimate of drug-likeness (QED) is 0.939. The van der Waals surface area contributed by atoms with Gasteiger partial charge >= 0.3 is 0 Å². The van der Waals surface area contributed by atoms with E-state index in [0.29, 0.717) is 0 Å². The summed E-state index contributed by atoms with van der Waals surface area (Å²) < 4.78 is 1.81. The summed E-state index contributed by atoms with van der Waals surface area (Å²) in [7, 11) is 0. The average molecular weight is 321 g/mol. The molecule has 2 aromatic rings. The topological polar surface area (TPSA) is 46.9 Å². The average Bonchev–Trinajstić information content (AvgIpc) is 3.07. The maximum atomic E-state index is 12.8. The van der Waals surface area contributed by atoms with Gasteiger partial charge in [0.05, 0.1) is 5.69 Å². The third-order valence-corrected chi connectivity index (χ3v) is 6.32. The molecule has 0 unspecified atom stereocenters. The summed E-state index contributed by atoms with van der Waals surface area (Å²) in [5.41, 5.74) is 1.81. The van der Waals surface area contributed by atoms with E-state index in [4.69, 9.17) is 0 Å². The molecule has 124 valence electrons. The van der Waals surface area contributed by atoms with Crippen molar-refractivity contribution < 1.29 is 4.79 Å². The first-order chi connectivity index (χ1) is 11.7. The van der Waals surface area contributed by atoms with Gasteiger partial charge in [0.2, 0.25) is 0 Å². The normalized spacial score (nSPS) is 33.6. The van der Waals surface area contributed by atoms with Gasteiger partial charge in [0.15, 0.2) is 0 Å². The van der Waals surface area contributed by atoms with E-state index in [1.54, 1.807) is 10.9 Å². The summed E-state index contributed by atoms with van der Waals surface area (Å²) in [5.74, 6) is 2.63. The van der Waals surface area contributed by atoms with Gasteiger partial charge in [-0.1, -0.05) is 0 Å². The molecule has 4 aliphatic rings. The van der Waals surface area contributed by atoms with E-state index in [1.165, 1.54) is 38.5 Å². The molecule has 0 radical (unpaired) electrons. The summed E-state index contributed by atoms with van der Waals surface area (Å²) >= 11 is 0. The highest BCUT2D eigenvalue weighted by molar-refractivity contribution is 5.94. The summed E-state index contributed by atoms with van der Waals surface area (Å²) in [6.45, 7) is 0. The van der Waals surface area contributed by atoms with E-state index < -0.39 is 0 Å². The Morgan fingerprint density at radius 1 is 1.04 bits per heavy atom. The zero-order chi connectivity index (χ0) is 16.1. The van der Waals surface area contributed by atoms with Gasteiger partial charge in [0, 0.05) is 23.5 Å². The van der Waals surface area contributed by atoms with Gasteiger partial charge in [-0.2, -0.15) is 5.10 Å². The Bertz CT molecular complexity index is 712. The number of benzene rings is 1. The van der Waals surface area contributed by atoms with Crippen molar-refractivity contribution >= 4 is 5.91 Å². The predicted octanol–water partition coefficient (Wildman–Crippen LogP) is 3.57. The molecule has 6 rings (SSSR count). The molecule has 4 nitrogen and oxygen atoms in total. The van der Waals surface area contributed by atoms with E-state index in [9.17, 15) is 4.79 Å². The number of carbonyl (C=O) groups excluding carboxylic acids is 1. The minimum Gasteiger partial charge on any atom is -0.347 e. The van der Waals surface area contributed by atoms with Crippen LogP contribution < -0.4 is 5.32 Å². The van der Waals surface area contributed by atoms with Crippen molar-refractivity contribution in [3.05, 3.63) is 48.3 Å². The number of amides is 1. The van der Waals surface area contributed by atoms with Gasteiger partial charge in [-0.15, -0.1) is 0 Å². The van der Waals surface area contributed by atoms with Crippen molar-refractivity contribution in [2.45, 2.75) is 44.1 Å². The van der Waals surface area contributed by atoms with Gasteiger partial charge in [-0.3, -0.25) is 4.79 Å². The fraction of sp³-hybridized carbons (Fsp3) is 0.500. The Balaban J connectivity index is 1.34. The minimum absolute atomic E-state index is 0.0759. The van der Waals surface area contributed by atoms with Crippen LogP contribution in [-0.2, 0) is 0 Å². The van der Waals surface area contributed by atoms with E-state index in [2.05, 4.69) is 10.4 Å². The third kappa shape index (κ3) is 2.36. The highest BCUT2D eigenvalue weighted by atomic mass is 16.1. The van der Waals surface area contributed by atoms with Gasteiger partial charge in [0.1, 0.15) is 0 Å². The Labute approximate surface area is 142 Å². The number of hydrogen-bond donors (Lipinski definition) is 1. The van der Waals surface area contributed by atoms with Crippen molar-refractivity contribution in [3.63, 3.8) is 0 Å². The molecular weight excluding hydrogens is 298 g/mol. The van der Waals surface area contributed by atoms with Gasteiger partial charge in [-0.25, -0.2) is 4.68 Å². The van der Waals surface area contributed by atoms with Crippen LogP contribution in [0.15, 0.2) is 42.7 Å². The fourth-order valence-electron chi connectivity index (χ4n) is 5.76. The smallest absolute Gasteiger partial charge is 0.251 e. The Morgan fingerprint density at radius 2 is 1.67 bits per heavy atom. The Morgan fingerprint density at radius 3 is 2.21 bits per heavy atom. The zero-order valence-electron chi connectivity index (χ0n) is 13.8. The molecule has 4 saturated carbocycles. The molecule has 0 atom stereocenters. The number of nitrogens with zero attached hydrogens (tertiary/aromatic N) is 2. The van der Waals surface area contributed by atoms with E-state index in [0.717, 1.165) is 29.0 Å². The number of nitrogens with one attached hydrogen (secondary N) is 1. The third-order valence-electron chi connectivity index (χ3n) is 6.32. The van der Waals surface area contributed by atoms with Gasteiger partial charge in [0.25, 0.3) is 5.91 Å². The number of aromatic nitrogens is 2. The van der Waals surface area contributed by atoms with E-state index in [1.807, 2.05) is 36.5 Å². The van der Waals surface area contributed by atoms with Crippen molar-refractivity contribution in [2.75, 3.05) is 0 Å². The second-order valence-electron chi connectivity index (χ2n) is 8.15. The molecule has 1 amide bonds. The lowest BCUT2D eigenvalue weighted by Gasteiger charge is -2.56. The summed E-state index contributed by atoms with van der Waals surface area (Å²) in [6, 6.07) is 9.64. The summed E-state index contributed by atoms with van der Waals surface area (Å²) in [5, 5.41) is 7.66. The molecule has 4 heteroatoms. The zero-order valence-corrected chi connectivity index (χ0v) is 13.8. The lowest BCUT2D eigenvalue weighted by Crippen LogP contribution is -2.59. The van der Waals surface area contributed by atoms with Gasteiger partial charge in [-0.05, 0) is 86.6 Å². The van der Waals surface area contributed by atoms with Crippen LogP contribution in [0.1, 0.15) is 48.9 Å². The number of rotatable bonds is 3. The SMILES string of the molecule is O=C(NC12CC3CC(CC(C3)C1)C2)c1ccc(-n2cccn2)cc1. The standard InChI is InChI=1S/C20H23N3O/c24-19(17-2-4-18(5-3-17)23-7-1-6-21-23)22-20-11-14-8-15(12-20)10-16(9-14)13-20/h1-7,14-16H,8-13H2,(H,22,24). The summed E-state index contributed by atoms with van der Waals surface area (Å²) in [4.78, 5) is 12.8. The van der Waals surface area contributed by atoms with Crippen molar-refractivity contribution in [2.24, 2.45) is 17.8 Å². The Kier molecular flexibility index (Phi) is 3.09. The van der Waals surface area contributed by atoms with Crippen molar-refractivity contribution in [3.8, 4) is 5.69 Å². The van der Waals surface area contributed by atoms with Crippen LogP contribution in [0.3, 0.4) is 0 Å². The van der Waals surface area contributed by atoms with Crippen LogP contribution in [0.4, 0.5) is 0 Å². The molecular formula is C20H23N3O. The second kappa shape index (κ2) is 5.20. The monoisotopic (exact) mass is 321 g/mol. The second-order valence-corrected chi connectivity index (χ2v) is 8.15. The predicted molar refractivity (Wildman–Crippen MR) is 91.9 cm³/mol. The molecule has 1 aromatic carbocycles. The molecule has 1 aromatic heterocycles. The highest BCUT2D eigenvalue weighted by Crippen LogP contribution is 2.55. The molecule has 1 N–H and O–H groups in total. The first-order valence-electron chi connectivity index (χ1n) is 9.12. The maximum Gasteiger partial charge on any atom is 0.251 e. The maximum absolute atomic E-state index is 12.8. The van der Waals surface area contributed by atoms with Crippen LogP contribution in [0.2, 0.25) is 0 Å². The fourth-order valence-corrected chi connectivity index (χ4v) is 5.76. The first-order valence-corrected chi connectivity index (χ1v) is 9.12. The molecule has 0 spiro atoms. The van der Waals surface area contributed by atoms with Crippen LogP contribution in [0.25, 0.3) is 5.69 Å². The van der Waals surface area contributed by atoms with Gasteiger partial charge < -0.3 is 5.32 Å². The molecule has 0 aliphatic heterocycles. The van der Waals surface area contributed by atoms with Crippen LogP contribution >= 0.6 is 0 Å². The van der Waals surface area contributed by atoms with Crippen molar-refractivity contribution in [1.82, 2.24) is 15.1 Å². The van der Waals surface area contributed by atoms with Crippen LogP contribution in [-0.4, -0.2) is 21.2 Å². The molecule has 4 aliphatic carbocycles. The number of carbonyl (C=O) groups is 1. The first kappa shape index (κ1) is 14.3. The molecule has 24 heavy (non-hydrogen) atoms. The van der Waals surface area contributed by atoms with Crippen LogP contribution in [0.5, 0.6) is 0 Å². The van der Waals surface area contributed by atoms with E-state index >= 15 is 0 Å². The largest absolute Gasteiger partial charge is 0.347 e. The minimum atomic E-state index is 0.0759. The van der Waals surface area contributed by atoms with Crippen LogP contribution in [0, 0.1) is 17.8 Å². The Hall–Kier alpha value is -2.10. The summed E-state index contributed by atoms with van der Waals surface area (Å²) in [6.07, 6.45) is 11.4. The number of hydrogen-bond acceptors (Lipinski definition) is 2. The lowest BCUT2D eigenvalue weighted by atomic mass is 9.53. The molecule has 1 heterocycles. The van der Waals surface area contributed by atoms with Crippen molar-refractivity contribution in [1.29, 1.82) is 0 Å². The molecule has 4 bridgehead atoms. The lowest BCUT2D eigenvalue weighted by molar-refractivity contribution is -0.0167. The molecule has 4 fully saturated rings. The van der Waals surface area contributed by atoms with E-state index in [-0.39, 0.29) is 11.4 Å².